The molecule has 0 atom stereocenters. The molecular formula is C132H88N6O2. The van der Waals surface area contributed by atoms with E-state index in [-0.39, 0.29) is 0 Å². The maximum atomic E-state index is 6.28. The van der Waals surface area contributed by atoms with E-state index in [0.29, 0.717) is 0 Å². The Hall–Kier alpha value is -18.8. The predicted molar refractivity (Wildman–Crippen MR) is 586 cm³/mol. The van der Waals surface area contributed by atoms with Gasteiger partial charge < -0.3 is 37.6 Å². The van der Waals surface area contributed by atoms with Gasteiger partial charge >= 0.3 is 0 Å². The molecule has 4 heterocycles. The molecule has 0 fully saturated rings. The van der Waals surface area contributed by atoms with Gasteiger partial charge in [0.25, 0.3) is 0 Å². The summed E-state index contributed by atoms with van der Waals surface area (Å²) in [5, 5.41) is 9.36. The quantitative estimate of drug-likeness (QED) is 0.0715. The second-order valence-electron chi connectivity index (χ2n) is 35.9. The topological polar surface area (TPSA) is 49.1 Å². The van der Waals surface area contributed by atoms with E-state index in [4.69, 9.17) is 8.83 Å². The molecule has 658 valence electrons. The lowest BCUT2D eigenvalue weighted by atomic mass is 10.0. The summed E-state index contributed by atoms with van der Waals surface area (Å²) in [6.07, 6.45) is 0. The number of nitrogens with zero attached hydrogens (tertiary/aromatic N) is 6. The molecule has 0 spiro atoms. The van der Waals surface area contributed by atoms with Crippen LogP contribution in [-0.2, 0) is 0 Å². The number of hydrogen-bond acceptors (Lipinski definition) is 6. The van der Waals surface area contributed by atoms with Gasteiger partial charge in [0.15, 0.2) is 0 Å². The number of rotatable bonds is 21. The Morgan fingerprint density at radius 3 is 0.564 bits per heavy atom. The molecule has 26 aromatic rings. The molecule has 0 aliphatic carbocycles. The van der Waals surface area contributed by atoms with Crippen molar-refractivity contribution in [2.45, 2.75) is 0 Å². The number of hydrogen-bond donors (Lipinski definition) is 0. The Kier molecular flexibility index (Phi) is 20.4. The van der Waals surface area contributed by atoms with Crippen molar-refractivity contribution < 1.29 is 8.83 Å². The van der Waals surface area contributed by atoms with Gasteiger partial charge in [-0.3, -0.25) is 0 Å². The molecule has 0 aliphatic rings. The van der Waals surface area contributed by atoms with Crippen molar-refractivity contribution >= 4 is 156 Å². The summed E-state index contributed by atoms with van der Waals surface area (Å²) in [5.74, 6) is 0. The molecule has 0 N–H and O–H groups in total. The van der Waals surface area contributed by atoms with E-state index < -0.39 is 0 Å². The maximum absolute atomic E-state index is 6.28. The average Bonchev–Trinajstić information content (AvgIpc) is 1.59. The van der Waals surface area contributed by atoms with Gasteiger partial charge in [-0.2, -0.15) is 0 Å². The highest BCUT2D eigenvalue weighted by molar-refractivity contribution is 6.13. The van der Waals surface area contributed by atoms with Crippen LogP contribution in [-0.4, -0.2) is 9.13 Å². The minimum atomic E-state index is 0.879. The first-order valence-electron chi connectivity index (χ1n) is 47.7. The van der Waals surface area contributed by atoms with Crippen LogP contribution in [0.3, 0.4) is 0 Å². The zero-order valence-corrected chi connectivity index (χ0v) is 76.3. The fourth-order valence-corrected chi connectivity index (χ4v) is 20.8. The first kappa shape index (κ1) is 82.0. The van der Waals surface area contributed by atoms with Crippen LogP contribution in [0.15, 0.2) is 543 Å². The van der Waals surface area contributed by atoms with Crippen molar-refractivity contribution in [2.75, 3.05) is 19.6 Å². The molecule has 26 rings (SSSR count). The average molecular weight is 1790 g/mol. The molecule has 0 unspecified atom stereocenters. The summed E-state index contributed by atoms with van der Waals surface area (Å²) in [6.45, 7) is 0. The summed E-state index contributed by atoms with van der Waals surface area (Å²) in [6, 6.07) is 193. The van der Waals surface area contributed by atoms with Crippen molar-refractivity contribution in [3.63, 3.8) is 0 Å². The summed E-state index contributed by atoms with van der Waals surface area (Å²) in [7, 11) is 0. The number of benzene rings is 22. The lowest BCUT2D eigenvalue weighted by Crippen LogP contribution is -2.10. The first-order valence-corrected chi connectivity index (χ1v) is 47.7. The molecule has 8 heteroatoms. The maximum Gasteiger partial charge on any atom is 0.135 e. The van der Waals surface area contributed by atoms with E-state index in [1.165, 1.54) is 54.7 Å². The van der Waals surface area contributed by atoms with Gasteiger partial charge in [0, 0.05) is 123 Å². The predicted octanol–water partition coefficient (Wildman–Crippen LogP) is 37.2. The van der Waals surface area contributed by atoms with E-state index >= 15 is 0 Å². The summed E-state index contributed by atoms with van der Waals surface area (Å²) in [5.41, 5.74) is 39.0. The molecule has 0 saturated carbocycles. The standard InChI is InChI=1S/C132H88N6O2/c1-5-21-103(22-6-1)133(109-73-49-95(50-74-109)99-57-81-127-121(85-99)117-29-13-17-33-125(117)137(127)105-25-9-3-10-26-105)107-61-37-89(38-62-107)91-41-65-111(66-42-91)135(115-77-53-97(54-78-115)101-59-83-131-123(87-101)119-31-15-19-35-129(119)139-131)113-69-45-93(46-70-113)94-47-71-114(72-48-94)136(116-79-55-98(56-80-116)102-60-84-132-124(88-102)120-32-16-20-36-130(120)140-132)112-67-43-92(44-68-112)90-39-63-108(64-40-90)134(104-23-7-2-8-24-104)110-75-51-96(52-76-110)100-58-82-128-122(86-100)118-30-14-18-34-126(118)138(128)106-27-11-4-12-28-106/h1-88H. The van der Waals surface area contributed by atoms with Crippen molar-refractivity contribution in [1.82, 2.24) is 9.13 Å². The highest BCUT2D eigenvalue weighted by Crippen LogP contribution is 2.48. The number of furan rings is 2. The van der Waals surface area contributed by atoms with Crippen LogP contribution in [0.2, 0.25) is 0 Å². The van der Waals surface area contributed by atoms with Gasteiger partial charge in [0.2, 0.25) is 0 Å². The Labute approximate surface area is 810 Å². The Morgan fingerprint density at radius 1 is 0.121 bits per heavy atom. The van der Waals surface area contributed by atoms with Crippen LogP contribution >= 0.6 is 0 Å². The molecule has 4 aromatic heterocycles. The van der Waals surface area contributed by atoms with Gasteiger partial charge in [-0.15, -0.1) is 0 Å². The summed E-state index contributed by atoms with van der Waals surface area (Å²) >= 11 is 0. The lowest BCUT2D eigenvalue weighted by molar-refractivity contribution is 0.668. The fourth-order valence-electron chi connectivity index (χ4n) is 20.8. The normalized spacial score (nSPS) is 11.6. The fraction of sp³-hybridized carbons (Fsp3) is 0. The van der Waals surface area contributed by atoms with E-state index in [1.807, 2.05) is 24.3 Å². The zero-order valence-electron chi connectivity index (χ0n) is 76.3. The lowest BCUT2D eigenvalue weighted by Gasteiger charge is -2.27. The number of anilines is 12. The van der Waals surface area contributed by atoms with Gasteiger partial charge in [-0.25, -0.2) is 0 Å². The van der Waals surface area contributed by atoms with E-state index in [9.17, 15) is 0 Å². The third kappa shape index (κ3) is 15.0. The second-order valence-corrected chi connectivity index (χ2v) is 35.9. The SMILES string of the molecule is c1ccc(N(c2ccc(-c3ccc(N(c4ccc(-c5ccc(N(c6ccc(-c7ccc(N(c8ccccc8)c8ccc(-c9ccc%10c(c9)c9ccccc9n%10-c9ccccc9)cc8)cc7)cc6)c6ccc(-c7ccc8oc9ccccc9c8c7)cc6)cc5)cc4)c4ccc(-c5ccc6oc7ccccc7c6c5)cc4)cc3)cc2)c2ccc(-c3ccc4c(c3)c3ccccc3n4-c3ccccc3)cc2)cc1. The van der Waals surface area contributed by atoms with Crippen LogP contribution < -0.4 is 19.6 Å². The minimum absolute atomic E-state index is 0.879. The largest absolute Gasteiger partial charge is 0.456 e. The molecular weight excluding hydrogens is 1700 g/mol. The number of fused-ring (bicyclic) bond motifs is 12. The van der Waals surface area contributed by atoms with Crippen molar-refractivity contribution in [1.29, 1.82) is 0 Å². The Morgan fingerprint density at radius 2 is 0.300 bits per heavy atom. The highest BCUT2D eigenvalue weighted by Gasteiger charge is 2.24. The van der Waals surface area contributed by atoms with Crippen LogP contribution in [0.5, 0.6) is 0 Å². The minimum Gasteiger partial charge on any atom is -0.456 e. The molecule has 0 amide bonds. The van der Waals surface area contributed by atoms with E-state index in [1.54, 1.807) is 0 Å². The number of aromatic nitrogens is 2. The van der Waals surface area contributed by atoms with Crippen molar-refractivity contribution in [3.8, 4) is 89.3 Å². The molecule has 0 aliphatic heterocycles. The smallest absolute Gasteiger partial charge is 0.135 e. The number of para-hydroxylation sites is 8. The van der Waals surface area contributed by atoms with Gasteiger partial charge in [0.05, 0.1) is 22.1 Å². The molecule has 0 radical (unpaired) electrons. The third-order valence-corrected chi connectivity index (χ3v) is 27.7. The van der Waals surface area contributed by atoms with Crippen molar-refractivity contribution in [3.05, 3.63) is 534 Å². The summed E-state index contributed by atoms with van der Waals surface area (Å²) in [4.78, 5) is 9.40. The van der Waals surface area contributed by atoms with Crippen LogP contribution in [0, 0.1) is 0 Å². The Bertz CT molecular complexity index is 8550. The van der Waals surface area contributed by atoms with Gasteiger partial charge in [-0.05, 0) is 321 Å². The van der Waals surface area contributed by atoms with E-state index in [2.05, 4.69) is 538 Å². The first-order chi connectivity index (χ1) is 69.4. The van der Waals surface area contributed by atoms with E-state index in [0.717, 1.165) is 190 Å². The van der Waals surface area contributed by atoms with Gasteiger partial charge in [-0.1, -0.05) is 291 Å². The van der Waals surface area contributed by atoms with Crippen LogP contribution in [0.4, 0.5) is 68.2 Å². The monoisotopic (exact) mass is 1790 g/mol. The van der Waals surface area contributed by atoms with Crippen LogP contribution in [0.25, 0.3) is 177 Å². The molecule has 22 aromatic carbocycles. The van der Waals surface area contributed by atoms with Crippen molar-refractivity contribution in [2.24, 2.45) is 0 Å². The van der Waals surface area contributed by atoms with Gasteiger partial charge in [0.1, 0.15) is 22.3 Å². The van der Waals surface area contributed by atoms with Crippen LogP contribution in [0.1, 0.15) is 0 Å². The molecule has 0 bridgehead atoms. The second kappa shape index (κ2) is 34.9. The third-order valence-electron chi connectivity index (χ3n) is 27.7. The zero-order chi connectivity index (χ0) is 92.5. The molecule has 140 heavy (non-hydrogen) atoms. The molecule has 8 nitrogen and oxygen atoms in total. The Balaban J connectivity index is 0.495. The molecule has 0 saturated heterocycles. The highest BCUT2D eigenvalue weighted by atomic mass is 16.3. The summed E-state index contributed by atoms with van der Waals surface area (Å²) < 4.78 is 17.3.